The number of unbranched alkanes of at least 4 members (excludes halogenated alkanes) is 1. The van der Waals surface area contributed by atoms with Crippen LogP contribution in [0, 0.1) is 17.3 Å². The Balaban J connectivity index is 2.90. The highest BCUT2D eigenvalue weighted by molar-refractivity contribution is 6.30. The van der Waals surface area contributed by atoms with Gasteiger partial charge in [0.1, 0.15) is 0 Å². The molecule has 23 heavy (non-hydrogen) atoms. The molecule has 0 radical (unpaired) electrons. The Bertz CT molecular complexity index is 435. The van der Waals surface area contributed by atoms with E-state index in [2.05, 4.69) is 6.92 Å². The Morgan fingerprint density at radius 3 is 2.48 bits per heavy atom. The Morgan fingerprint density at radius 1 is 1.35 bits per heavy atom. The van der Waals surface area contributed by atoms with Gasteiger partial charge in [0, 0.05) is 23.3 Å². The van der Waals surface area contributed by atoms with E-state index >= 15 is 0 Å². The number of rotatable bonds is 8. The van der Waals surface area contributed by atoms with Gasteiger partial charge in [0.2, 0.25) is 0 Å². The van der Waals surface area contributed by atoms with Crippen LogP contribution in [-0.4, -0.2) is 44.7 Å². The first-order valence-electron chi connectivity index (χ1n) is 8.23. The third kappa shape index (κ3) is 5.45. The predicted octanol–water partition coefficient (Wildman–Crippen LogP) is 2.52. The molecule has 0 unspecified atom stereocenters. The molecule has 0 amide bonds. The van der Waals surface area contributed by atoms with Crippen LogP contribution in [0.3, 0.4) is 0 Å². The van der Waals surface area contributed by atoms with Crippen molar-refractivity contribution in [3.8, 4) is 0 Å². The maximum atomic E-state index is 11.0. The number of carbonyl (C=O) groups is 1. The van der Waals surface area contributed by atoms with Crippen molar-refractivity contribution < 1.29 is 25.2 Å². The summed E-state index contributed by atoms with van der Waals surface area (Å²) in [5, 5.41) is 39.7. The molecular weight excluding hydrogens is 320 g/mol. The number of hydrogen-bond acceptors (Lipinski definition) is 4. The maximum absolute atomic E-state index is 11.0. The molecule has 6 heteroatoms. The third-order valence-corrected chi connectivity index (χ3v) is 5.19. The van der Waals surface area contributed by atoms with Gasteiger partial charge < -0.3 is 20.4 Å². The molecule has 4 N–H and O–H groups in total. The van der Waals surface area contributed by atoms with Gasteiger partial charge in [-0.15, -0.1) is 0 Å². The minimum absolute atomic E-state index is 0.124. The first-order valence-corrected chi connectivity index (χ1v) is 8.61. The lowest BCUT2D eigenvalue weighted by Gasteiger charge is -2.31. The van der Waals surface area contributed by atoms with Crippen LogP contribution in [0.4, 0.5) is 0 Å². The molecule has 134 valence electrons. The Morgan fingerprint density at radius 2 is 1.96 bits per heavy atom. The summed E-state index contributed by atoms with van der Waals surface area (Å²) in [6.07, 6.45) is 1.61. The average molecular weight is 349 g/mol. The SMILES string of the molecule is CCCCC(C)(C)[C@H](O)C(Cl)=C[C@@H]1[C@@H](CC(=O)O)[C@@H](O)C[C@H]1O. The van der Waals surface area contributed by atoms with Crippen molar-refractivity contribution in [2.45, 2.75) is 71.2 Å². The number of hydrogen-bond donors (Lipinski definition) is 4. The lowest BCUT2D eigenvalue weighted by molar-refractivity contribution is -0.139. The first-order chi connectivity index (χ1) is 10.6. The van der Waals surface area contributed by atoms with Gasteiger partial charge in [-0.2, -0.15) is 0 Å². The lowest BCUT2D eigenvalue weighted by atomic mass is 9.80. The van der Waals surface area contributed by atoms with Crippen molar-refractivity contribution in [1.82, 2.24) is 0 Å². The minimum atomic E-state index is -1.03. The van der Waals surface area contributed by atoms with Gasteiger partial charge in [-0.05, 0) is 11.8 Å². The summed E-state index contributed by atoms with van der Waals surface area (Å²) in [4.78, 5) is 11.0. The van der Waals surface area contributed by atoms with Crippen LogP contribution in [0.2, 0.25) is 0 Å². The van der Waals surface area contributed by atoms with Crippen LogP contribution < -0.4 is 0 Å². The van der Waals surface area contributed by atoms with E-state index in [0.717, 1.165) is 19.3 Å². The van der Waals surface area contributed by atoms with E-state index in [-0.39, 0.29) is 17.9 Å². The van der Waals surface area contributed by atoms with E-state index in [0.29, 0.717) is 0 Å². The Hall–Kier alpha value is -0.620. The van der Waals surface area contributed by atoms with E-state index in [1.807, 2.05) is 13.8 Å². The molecule has 1 rings (SSSR count). The number of aliphatic hydroxyl groups is 3. The highest BCUT2D eigenvalue weighted by Crippen LogP contribution is 2.39. The molecule has 0 aromatic carbocycles. The minimum Gasteiger partial charge on any atom is -0.481 e. The summed E-state index contributed by atoms with van der Waals surface area (Å²) in [6.45, 7) is 5.93. The standard InChI is InChI=1S/C17H29ClO5/c1-4-5-6-17(2,3)16(23)12(18)7-10-11(8-15(21)22)14(20)9-13(10)19/h7,10-11,13-14,16,19-20,23H,4-6,8-9H2,1-3H3,(H,21,22)/t10-,11-,13-,14+,16-/m1/s1. The van der Waals surface area contributed by atoms with Crippen molar-refractivity contribution in [3.05, 3.63) is 11.1 Å². The number of carboxylic acids is 1. The van der Waals surface area contributed by atoms with Crippen LogP contribution in [0.15, 0.2) is 11.1 Å². The summed E-state index contributed by atoms with van der Waals surface area (Å²) in [5.41, 5.74) is -0.409. The summed E-state index contributed by atoms with van der Waals surface area (Å²) < 4.78 is 0. The summed E-state index contributed by atoms with van der Waals surface area (Å²) in [5.74, 6) is -2.19. The second-order valence-electron chi connectivity index (χ2n) is 7.26. The second kappa shape index (κ2) is 8.47. The summed E-state index contributed by atoms with van der Waals surface area (Å²) in [7, 11) is 0. The molecule has 1 aliphatic carbocycles. The zero-order valence-corrected chi connectivity index (χ0v) is 14.8. The predicted molar refractivity (Wildman–Crippen MR) is 89.1 cm³/mol. The van der Waals surface area contributed by atoms with E-state index in [1.54, 1.807) is 0 Å². The van der Waals surface area contributed by atoms with Gasteiger partial charge in [0.25, 0.3) is 0 Å². The van der Waals surface area contributed by atoms with Gasteiger partial charge >= 0.3 is 5.97 Å². The maximum Gasteiger partial charge on any atom is 0.303 e. The van der Waals surface area contributed by atoms with E-state index in [4.69, 9.17) is 16.7 Å². The summed E-state index contributed by atoms with van der Waals surface area (Å²) in [6, 6.07) is 0. The molecule has 5 nitrogen and oxygen atoms in total. The first kappa shape index (κ1) is 20.4. The molecule has 0 bridgehead atoms. The molecule has 0 aliphatic heterocycles. The highest BCUT2D eigenvalue weighted by Gasteiger charge is 2.42. The van der Waals surface area contributed by atoms with Gasteiger partial charge in [-0.1, -0.05) is 51.3 Å². The van der Waals surface area contributed by atoms with E-state index < -0.39 is 41.5 Å². The van der Waals surface area contributed by atoms with Crippen molar-refractivity contribution in [3.63, 3.8) is 0 Å². The number of halogens is 1. The smallest absolute Gasteiger partial charge is 0.303 e. The molecule has 1 aliphatic rings. The van der Waals surface area contributed by atoms with Gasteiger partial charge in [0.05, 0.1) is 24.7 Å². The van der Waals surface area contributed by atoms with E-state index in [9.17, 15) is 20.1 Å². The van der Waals surface area contributed by atoms with Crippen LogP contribution in [0.25, 0.3) is 0 Å². The topological polar surface area (TPSA) is 98.0 Å². The van der Waals surface area contributed by atoms with Crippen LogP contribution in [0.5, 0.6) is 0 Å². The third-order valence-electron chi connectivity index (χ3n) is 4.85. The molecule has 0 spiro atoms. The molecule has 0 heterocycles. The van der Waals surface area contributed by atoms with Crippen LogP contribution >= 0.6 is 11.6 Å². The molecule has 1 saturated carbocycles. The monoisotopic (exact) mass is 348 g/mol. The largest absolute Gasteiger partial charge is 0.481 e. The quantitative estimate of drug-likeness (QED) is 0.540. The fraction of sp³-hybridized carbons (Fsp3) is 0.824. The highest BCUT2D eigenvalue weighted by atomic mass is 35.5. The van der Waals surface area contributed by atoms with Crippen molar-refractivity contribution in [2.24, 2.45) is 17.3 Å². The van der Waals surface area contributed by atoms with Crippen molar-refractivity contribution >= 4 is 17.6 Å². The average Bonchev–Trinajstić information content (AvgIpc) is 2.70. The fourth-order valence-corrected chi connectivity index (χ4v) is 3.69. The van der Waals surface area contributed by atoms with Gasteiger partial charge in [-0.3, -0.25) is 4.79 Å². The zero-order chi connectivity index (χ0) is 17.8. The van der Waals surface area contributed by atoms with Crippen molar-refractivity contribution in [1.29, 1.82) is 0 Å². The second-order valence-corrected chi connectivity index (χ2v) is 7.69. The fourth-order valence-electron chi connectivity index (χ4n) is 3.25. The molecular formula is C17H29ClO5. The van der Waals surface area contributed by atoms with Crippen molar-refractivity contribution in [2.75, 3.05) is 0 Å². The van der Waals surface area contributed by atoms with Crippen LogP contribution in [-0.2, 0) is 4.79 Å². The number of carboxylic acid groups (broad SMARTS) is 1. The number of aliphatic carboxylic acids is 1. The molecule has 0 aromatic rings. The summed E-state index contributed by atoms with van der Waals surface area (Å²) >= 11 is 6.26. The Kier molecular flexibility index (Phi) is 7.52. The van der Waals surface area contributed by atoms with E-state index in [1.165, 1.54) is 6.08 Å². The molecule has 5 atom stereocenters. The lowest BCUT2D eigenvalue weighted by Crippen LogP contribution is -2.31. The molecule has 1 fully saturated rings. The van der Waals surface area contributed by atoms with Gasteiger partial charge in [-0.25, -0.2) is 0 Å². The van der Waals surface area contributed by atoms with Gasteiger partial charge in [0.15, 0.2) is 0 Å². The Labute approximate surface area is 143 Å². The zero-order valence-electron chi connectivity index (χ0n) is 14.1. The molecule has 0 saturated heterocycles. The normalized spacial score (nSPS) is 30.5. The van der Waals surface area contributed by atoms with Crippen LogP contribution in [0.1, 0.15) is 52.9 Å². The molecule has 0 aromatic heterocycles. The number of aliphatic hydroxyl groups excluding tert-OH is 3.